The number of piperidine rings is 1. The molecule has 2 aromatic carbocycles. The fourth-order valence-corrected chi connectivity index (χ4v) is 5.89. The van der Waals surface area contributed by atoms with Gasteiger partial charge >= 0.3 is 0 Å². The number of hydrogen-bond acceptors (Lipinski definition) is 4. The van der Waals surface area contributed by atoms with Crippen molar-refractivity contribution >= 4 is 15.9 Å². The molecule has 7 heteroatoms. The Balaban J connectivity index is 1.32. The first kappa shape index (κ1) is 21.5. The maximum Gasteiger partial charge on any atom is 0.253 e. The van der Waals surface area contributed by atoms with Crippen molar-refractivity contribution in [1.82, 2.24) is 9.21 Å². The van der Waals surface area contributed by atoms with Crippen LogP contribution in [-0.2, 0) is 16.4 Å². The Kier molecular flexibility index (Phi) is 6.40. The Bertz CT molecular complexity index is 1060. The van der Waals surface area contributed by atoms with Crippen molar-refractivity contribution in [3.63, 3.8) is 0 Å². The summed E-state index contributed by atoms with van der Waals surface area (Å²) in [5.74, 6) is 0.540. The summed E-state index contributed by atoms with van der Waals surface area (Å²) in [5.41, 5.74) is 2.38. The zero-order valence-electron chi connectivity index (χ0n) is 17.5. The average Bonchev–Trinajstić information content (AvgIpc) is 3.34. The molecule has 2 saturated heterocycles. The highest BCUT2D eigenvalue weighted by Gasteiger charge is 2.29. The number of likely N-dealkylation sites (tertiary alicyclic amines) is 1. The molecule has 1 amide bonds. The number of carbonyl (C=O) groups is 1. The Morgan fingerprint density at radius 3 is 2.13 bits per heavy atom. The molecular weight excluding hydrogens is 410 g/mol. The van der Waals surface area contributed by atoms with E-state index in [1.165, 1.54) is 29.8 Å². The molecule has 31 heavy (non-hydrogen) atoms. The molecule has 6 nitrogen and oxygen atoms in total. The molecule has 0 atom stereocenters. The van der Waals surface area contributed by atoms with Gasteiger partial charge in [-0.15, -0.1) is 0 Å². The molecule has 2 heterocycles. The van der Waals surface area contributed by atoms with Gasteiger partial charge < -0.3 is 4.90 Å². The van der Waals surface area contributed by atoms with Gasteiger partial charge in [0.1, 0.15) is 0 Å². The van der Waals surface area contributed by atoms with Gasteiger partial charge in [-0.05, 0) is 80.0 Å². The van der Waals surface area contributed by atoms with E-state index in [0.717, 1.165) is 50.8 Å². The van der Waals surface area contributed by atoms with Crippen LogP contribution < -0.4 is 0 Å². The molecule has 0 unspecified atom stereocenters. The molecule has 2 fully saturated rings. The van der Waals surface area contributed by atoms with Crippen molar-refractivity contribution < 1.29 is 13.2 Å². The van der Waals surface area contributed by atoms with Crippen LogP contribution in [0.25, 0.3) is 0 Å². The molecule has 0 N–H and O–H groups in total. The lowest BCUT2D eigenvalue weighted by molar-refractivity contribution is 0.0793. The average molecular weight is 438 g/mol. The van der Waals surface area contributed by atoms with E-state index in [9.17, 15) is 13.2 Å². The van der Waals surface area contributed by atoms with Gasteiger partial charge in [-0.3, -0.25) is 4.79 Å². The normalized spacial score (nSPS) is 18.1. The number of nitrogens with zero attached hydrogens (tertiary/aromatic N) is 3. The predicted molar refractivity (Wildman–Crippen MR) is 118 cm³/mol. The number of benzene rings is 2. The summed E-state index contributed by atoms with van der Waals surface area (Å²) >= 11 is 0. The third kappa shape index (κ3) is 4.81. The summed E-state index contributed by atoms with van der Waals surface area (Å²) in [4.78, 5) is 14.6. The lowest BCUT2D eigenvalue weighted by atomic mass is 9.90. The standard InChI is InChI=1S/C24H27N3O3S/c25-18-21-5-9-23(10-6-21)31(29,30)27-15-11-20(12-16-27)17-19-3-7-22(8-4-19)24(28)26-13-1-2-14-26/h3-10,20H,1-2,11-17H2. The summed E-state index contributed by atoms with van der Waals surface area (Å²) in [7, 11) is -3.52. The van der Waals surface area contributed by atoms with E-state index in [1.54, 1.807) is 4.31 Å². The Labute approximate surface area is 184 Å². The van der Waals surface area contributed by atoms with Gasteiger partial charge in [0.2, 0.25) is 10.0 Å². The number of sulfonamides is 1. The smallest absolute Gasteiger partial charge is 0.253 e. The van der Waals surface area contributed by atoms with Gasteiger partial charge in [0.05, 0.1) is 16.5 Å². The maximum absolute atomic E-state index is 12.9. The van der Waals surface area contributed by atoms with Crippen molar-refractivity contribution in [2.45, 2.75) is 37.0 Å². The van der Waals surface area contributed by atoms with Crippen LogP contribution in [0.3, 0.4) is 0 Å². The van der Waals surface area contributed by atoms with Crippen LogP contribution in [0.4, 0.5) is 0 Å². The first-order valence-electron chi connectivity index (χ1n) is 10.9. The van der Waals surface area contributed by atoms with Crippen molar-refractivity contribution in [2.75, 3.05) is 26.2 Å². The largest absolute Gasteiger partial charge is 0.339 e. The number of nitriles is 1. The lowest BCUT2D eigenvalue weighted by Gasteiger charge is -2.31. The quantitative estimate of drug-likeness (QED) is 0.718. The van der Waals surface area contributed by atoms with E-state index < -0.39 is 10.0 Å². The summed E-state index contributed by atoms with van der Waals surface area (Å²) in [6.45, 7) is 2.70. The summed E-state index contributed by atoms with van der Waals surface area (Å²) in [6.07, 6.45) is 4.68. The van der Waals surface area contributed by atoms with Crippen molar-refractivity contribution in [3.8, 4) is 6.07 Å². The minimum Gasteiger partial charge on any atom is -0.339 e. The molecule has 2 aliphatic heterocycles. The minimum absolute atomic E-state index is 0.116. The summed E-state index contributed by atoms with van der Waals surface area (Å²) in [5, 5.41) is 8.89. The first-order valence-corrected chi connectivity index (χ1v) is 12.3. The van der Waals surface area contributed by atoms with Crippen LogP contribution in [-0.4, -0.2) is 49.7 Å². The molecule has 0 bridgehead atoms. The van der Waals surface area contributed by atoms with Crippen LogP contribution in [0.1, 0.15) is 47.2 Å². The molecule has 2 aliphatic rings. The Morgan fingerprint density at radius 1 is 0.935 bits per heavy atom. The second kappa shape index (κ2) is 9.21. The van der Waals surface area contributed by atoms with Gasteiger partial charge in [0.25, 0.3) is 5.91 Å². The molecule has 0 spiro atoms. The van der Waals surface area contributed by atoms with Crippen LogP contribution in [0.15, 0.2) is 53.4 Å². The monoisotopic (exact) mass is 437 g/mol. The van der Waals surface area contributed by atoms with Gasteiger partial charge in [0.15, 0.2) is 0 Å². The molecule has 162 valence electrons. The first-order chi connectivity index (χ1) is 15.0. The molecule has 0 radical (unpaired) electrons. The summed E-state index contributed by atoms with van der Waals surface area (Å²) in [6, 6.07) is 16.0. The Morgan fingerprint density at radius 2 is 1.55 bits per heavy atom. The van der Waals surface area contributed by atoms with E-state index in [1.807, 2.05) is 35.2 Å². The van der Waals surface area contributed by atoms with Crippen LogP contribution in [0.5, 0.6) is 0 Å². The van der Waals surface area contributed by atoms with Gasteiger partial charge in [-0.25, -0.2) is 8.42 Å². The molecule has 2 aromatic rings. The van der Waals surface area contributed by atoms with Crippen LogP contribution >= 0.6 is 0 Å². The maximum atomic E-state index is 12.9. The van der Waals surface area contributed by atoms with Crippen molar-refractivity contribution in [2.24, 2.45) is 5.92 Å². The molecule has 0 aliphatic carbocycles. The number of hydrogen-bond donors (Lipinski definition) is 0. The minimum atomic E-state index is -3.52. The van der Waals surface area contributed by atoms with Gasteiger partial charge in [-0.2, -0.15) is 9.57 Å². The molecular formula is C24H27N3O3S. The topological polar surface area (TPSA) is 81.5 Å². The van der Waals surface area contributed by atoms with E-state index in [4.69, 9.17) is 5.26 Å². The number of carbonyl (C=O) groups excluding carboxylic acids is 1. The van der Waals surface area contributed by atoms with Crippen molar-refractivity contribution in [1.29, 1.82) is 5.26 Å². The predicted octanol–water partition coefficient (Wildman–Crippen LogP) is 3.44. The third-order valence-corrected chi connectivity index (χ3v) is 8.23. The van der Waals surface area contributed by atoms with E-state index in [-0.39, 0.29) is 10.8 Å². The fraction of sp³-hybridized carbons (Fsp3) is 0.417. The zero-order chi connectivity index (χ0) is 21.8. The number of amides is 1. The summed E-state index contributed by atoms with van der Waals surface area (Å²) < 4.78 is 27.3. The molecule has 0 saturated carbocycles. The molecule has 0 aromatic heterocycles. The highest BCUT2D eigenvalue weighted by atomic mass is 32.2. The van der Waals surface area contributed by atoms with Crippen LogP contribution in [0.2, 0.25) is 0 Å². The fourth-order valence-electron chi connectivity index (χ4n) is 4.42. The van der Waals surface area contributed by atoms with E-state index in [2.05, 4.69) is 0 Å². The van der Waals surface area contributed by atoms with E-state index >= 15 is 0 Å². The highest BCUT2D eigenvalue weighted by molar-refractivity contribution is 7.89. The zero-order valence-corrected chi connectivity index (χ0v) is 18.4. The van der Waals surface area contributed by atoms with Gasteiger partial charge in [-0.1, -0.05) is 12.1 Å². The lowest BCUT2D eigenvalue weighted by Crippen LogP contribution is -2.38. The van der Waals surface area contributed by atoms with Crippen LogP contribution in [0, 0.1) is 17.2 Å². The Hall–Kier alpha value is -2.69. The number of rotatable bonds is 5. The SMILES string of the molecule is N#Cc1ccc(S(=O)(=O)N2CCC(Cc3ccc(C(=O)N4CCCC4)cc3)CC2)cc1. The van der Waals surface area contributed by atoms with E-state index in [0.29, 0.717) is 24.6 Å². The second-order valence-corrected chi connectivity index (χ2v) is 10.3. The molecule has 4 rings (SSSR count). The third-order valence-electron chi connectivity index (χ3n) is 6.31. The second-order valence-electron chi connectivity index (χ2n) is 8.38. The van der Waals surface area contributed by atoms with Gasteiger partial charge in [0, 0.05) is 31.7 Å². The van der Waals surface area contributed by atoms with Crippen molar-refractivity contribution in [3.05, 3.63) is 65.2 Å². The highest BCUT2D eigenvalue weighted by Crippen LogP contribution is 2.26.